The number of aryl methyl sites for hydroxylation is 1. The summed E-state index contributed by atoms with van der Waals surface area (Å²) in [6.07, 6.45) is 0. The van der Waals surface area contributed by atoms with Crippen molar-refractivity contribution < 1.29 is 0 Å². The molecule has 1 atom stereocenters. The molecule has 0 aromatic heterocycles. The van der Waals surface area contributed by atoms with E-state index in [1.807, 2.05) is 18.2 Å². The number of rotatable bonds is 4. The lowest BCUT2D eigenvalue weighted by Crippen LogP contribution is -2.19. The van der Waals surface area contributed by atoms with Crippen LogP contribution in [0.15, 0.2) is 46.9 Å². The molecule has 0 aliphatic heterocycles. The molecule has 0 amide bonds. The summed E-state index contributed by atoms with van der Waals surface area (Å²) in [6.45, 7) is 5.14. The highest BCUT2D eigenvalue weighted by atomic mass is 79.9. The predicted molar refractivity (Wildman–Crippen MR) is 85.6 cm³/mol. The van der Waals surface area contributed by atoms with Crippen LogP contribution in [0, 0.1) is 6.92 Å². The van der Waals surface area contributed by atoms with E-state index in [1.54, 1.807) is 0 Å². The Morgan fingerprint density at radius 2 is 1.95 bits per heavy atom. The lowest BCUT2D eigenvalue weighted by molar-refractivity contribution is 0.571. The highest BCUT2D eigenvalue weighted by Crippen LogP contribution is 2.23. The fourth-order valence-corrected chi connectivity index (χ4v) is 2.93. The second-order valence-electron chi connectivity index (χ2n) is 4.69. The SMILES string of the molecule is Cc1ccccc1C(C)NCc1ccc(Cl)cc1Br. The molecule has 19 heavy (non-hydrogen) atoms. The van der Waals surface area contributed by atoms with Gasteiger partial charge in [0.25, 0.3) is 0 Å². The second kappa shape index (κ2) is 6.56. The Bertz CT molecular complexity index is 568. The second-order valence-corrected chi connectivity index (χ2v) is 5.99. The van der Waals surface area contributed by atoms with Crippen molar-refractivity contribution in [3.05, 3.63) is 68.7 Å². The van der Waals surface area contributed by atoms with E-state index in [2.05, 4.69) is 59.4 Å². The maximum Gasteiger partial charge on any atom is 0.0417 e. The van der Waals surface area contributed by atoms with Crippen molar-refractivity contribution in [1.82, 2.24) is 5.32 Å². The Balaban J connectivity index is 2.04. The van der Waals surface area contributed by atoms with E-state index in [9.17, 15) is 0 Å². The maximum atomic E-state index is 5.95. The first-order valence-electron chi connectivity index (χ1n) is 6.31. The molecule has 2 aromatic carbocycles. The third-order valence-corrected chi connectivity index (χ3v) is 4.24. The average Bonchev–Trinajstić information content (AvgIpc) is 2.38. The van der Waals surface area contributed by atoms with Gasteiger partial charge in [-0.15, -0.1) is 0 Å². The Hall–Kier alpha value is -0.830. The fourth-order valence-electron chi connectivity index (χ4n) is 2.11. The van der Waals surface area contributed by atoms with Gasteiger partial charge in [0, 0.05) is 22.1 Å². The third-order valence-electron chi connectivity index (χ3n) is 3.27. The van der Waals surface area contributed by atoms with E-state index < -0.39 is 0 Å². The standard InChI is InChI=1S/C16H17BrClN/c1-11-5-3-4-6-15(11)12(2)19-10-13-7-8-14(18)9-16(13)17/h3-9,12,19H,10H2,1-2H3. The highest BCUT2D eigenvalue weighted by molar-refractivity contribution is 9.10. The summed E-state index contributed by atoms with van der Waals surface area (Å²) in [5.41, 5.74) is 3.87. The normalized spacial score (nSPS) is 12.4. The summed E-state index contributed by atoms with van der Waals surface area (Å²) in [7, 11) is 0. The van der Waals surface area contributed by atoms with E-state index in [4.69, 9.17) is 11.6 Å². The van der Waals surface area contributed by atoms with Gasteiger partial charge in [0.2, 0.25) is 0 Å². The van der Waals surface area contributed by atoms with Crippen molar-refractivity contribution in [3.8, 4) is 0 Å². The molecule has 0 saturated carbocycles. The summed E-state index contributed by atoms with van der Waals surface area (Å²) in [5, 5.41) is 4.30. The molecule has 100 valence electrons. The Kier molecular flexibility index (Phi) is 5.03. The van der Waals surface area contributed by atoms with Crippen LogP contribution < -0.4 is 5.32 Å². The van der Waals surface area contributed by atoms with Crippen LogP contribution in [-0.2, 0) is 6.54 Å². The van der Waals surface area contributed by atoms with Crippen LogP contribution in [0.3, 0.4) is 0 Å². The largest absolute Gasteiger partial charge is 0.306 e. The first kappa shape index (κ1) is 14.6. The zero-order valence-electron chi connectivity index (χ0n) is 11.1. The van der Waals surface area contributed by atoms with Gasteiger partial charge in [-0.3, -0.25) is 0 Å². The Labute approximate surface area is 128 Å². The minimum atomic E-state index is 0.323. The van der Waals surface area contributed by atoms with Gasteiger partial charge in [-0.25, -0.2) is 0 Å². The number of halogens is 2. The topological polar surface area (TPSA) is 12.0 Å². The van der Waals surface area contributed by atoms with Crippen molar-refractivity contribution >= 4 is 27.5 Å². The molecule has 0 bridgehead atoms. The monoisotopic (exact) mass is 337 g/mol. The lowest BCUT2D eigenvalue weighted by atomic mass is 10.0. The molecule has 2 aromatic rings. The van der Waals surface area contributed by atoms with Crippen LogP contribution in [0.25, 0.3) is 0 Å². The molecule has 2 rings (SSSR count). The summed E-state index contributed by atoms with van der Waals surface area (Å²) < 4.78 is 1.05. The molecule has 0 saturated heterocycles. The van der Waals surface area contributed by atoms with Crippen molar-refractivity contribution in [2.75, 3.05) is 0 Å². The predicted octanol–water partition coefficient (Wildman–Crippen LogP) is 5.26. The van der Waals surface area contributed by atoms with Gasteiger partial charge in [-0.1, -0.05) is 57.9 Å². The summed E-state index contributed by atoms with van der Waals surface area (Å²) in [4.78, 5) is 0. The molecular weight excluding hydrogens is 322 g/mol. The lowest BCUT2D eigenvalue weighted by Gasteiger charge is -2.17. The maximum absolute atomic E-state index is 5.95. The Morgan fingerprint density at radius 3 is 2.63 bits per heavy atom. The molecule has 1 N–H and O–H groups in total. The van der Waals surface area contributed by atoms with Crippen molar-refractivity contribution in [1.29, 1.82) is 0 Å². The first-order valence-corrected chi connectivity index (χ1v) is 7.48. The zero-order valence-corrected chi connectivity index (χ0v) is 13.4. The van der Waals surface area contributed by atoms with Gasteiger partial charge in [0.1, 0.15) is 0 Å². The van der Waals surface area contributed by atoms with Crippen molar-refractivity contribution in [2.24, 2.45) is 0 Å². The quantitative estimate of drug-likeness (QED) is 0.801. The van der Waals surface area contributed by atoms with Gasteiger partial charge in [0.15, 0.2) is 0 Å². The fraction of sp³-hybridized carbons (Fsp3) is 0.250. The summed E-state index contributed by atoms with van der Waals surface area (Å²) >= 11 is 9.49. The molecule has 0 aliphatic carbocycles. The molecule has 0 heterocycles. The number of hydrogen-bond acceptors (Lipinski definition) is 1. The summed E-state index contributed by atoms with van der Waals surface area (Å²) in [6, 6.07) is 14.7. The Morgan fingerprint density at radius 1 is 1.21 bits per heavy atom. The highest BCUT2D eigenvalue weighted by Gasteiger charge is 2.08. The van der Waals surface area contributed by atoms with Crippen LogP contribution in [0.5, 0.6) is 0 Å². The average molecular weight is 339 g/mol. The number of hydrogen-bond donors (Lipinski definition) is 1. The minimum absolute atomic E-state index is 0.323. The van der Waals surface area contributed by atoms with Crippen LogP contribution in [0.2, 0.25) is 5.02 Å². The van der Waals surface area contributed by atoms with Gasteiger partial charge in [0.05, 0.1) is 0 Å². The number of benzene rings is 2. The van der Waals surface area contributed by atoms with Crippen molar-refractivity contribution in [3.63, 3.8) is 0 Å². The number of nitrogens with one attached hydrogen (secondary N) is 1. The van der Waals surface area contributed by atoms with Crippen LogP contribution in [-0.4, -0.2) is 0 Å². The van der Waals surface area contributed by atoms with Gasteiger partial charge in [-0.2, -0.15) is 0 Å². The molecule has 1 nitrogen and oxygen atoms in total. The van der Waals surface area contributed by atoms with E-state index in [0.29, 0.717) is 6.04 Å². The third kappa shape index (κ3) is 3.82. The molecular formula is C16H17BrClN. The smallest absolute Gasteiger partial charge is 0.0417 e. The van der Waals surface area contributed by atoms with Gasteiger partial charge < -0.3 is 5.32 Å². The first-order chi connectivity index (χ1) is 9.08. The van der Waals surface area contributed by atoms with Crippen LogP contribution in [0.4, 0.5) is 0 Å². The van der Waals surface area contributed by atoms with E-state index in [-0.39, 0.29) is 0 Å². The molecule has 3 heteroatoms. The molecule has 0 radical (unpaired) electrons. The van der Waals surface area contributed by atoms with Crippen molar-refractivity contribution in [2.45, 2.75) is 26.4 Å². The molecule has 0 aliphatic rings. The van der Waals surface area contributed by atoms with Gasteiger partial charge in [-0.05, 0) is 42.7 Å². The van der Waals surface area contributed by atoms with E-state index >= 15 is 0 Å². The summed E-state index contributed by atoms with van der Waals surface area (Å²) in [5.74, 6) is 0. The zero-order chi connectivity index (χ0) is 13.8. The van der Waals surface area contributed by atoms with E-state index in [0.717, 1.165) is 16.0 Å². The minimum Gasteiger partial charge on any atom is -0.306 e. The van der Waals surface area contributed by atoms with Gasteiger partial charge >= 0.3 is 0 Å². The van der Waals surface area contributed by atoms with E-state index in [1.165, 1.54) is 16.7 Å². The van der Waals surface area contributed by atoms with Crippen LogP contribution >= 0.6 is 27.5 Å². The molecule has 0 fully saturated rings. The molecule has 0 spiro atoms. The van der Waals surface area contributed by atoms with Crippen LogP contribution in [0.1, 0.15) is 29.7 Å². The molecule has 1 unspecified atom stereocenters.